The Labute approximate surface area is 92.6 Å². The highest BCUT2D eigenvalue weighted by atomic mass is 16.6. The summed E-state index contributed by atoms with van der Waals surface area (Å²) in [4.78, 5) is 20.9. The van der Waals surface area contributed by atoms with Crippen LogP contribution in [0.25, 0.3) is 0 Å². The highest BCUT2D eigenvalue weighted by molar-refractivity contribution is 5.75. The summed E-state index contributed by atoms with van der Waals surface area (Å²) in [5, 5.41) is 13.6. The Kier molecular flexibility index (Phi) is 3.82. The number of nitrogens with one attached hydrogen (secondary N) is 1. The zero-order chi connectivity index (χ0) is 12.1. The van der Waals surface area contributed by atoms with Crippen molar-refractivity contribution >= 4 is 17.3 Å². The van der Waals surface area contributed by atoms with E-state index >= 15 is 0 Å². The van der Waals surface area contributed by atoms with E-state index in [1.807, 2.05) is 0 Å². The lowest BCUT2D eigenvalue weighted by atomic mass is 10.2. The Morgan fingerprint density at radius 1 is 1.56 bits per heavy atom. The minimum Gasteiger partial charge on any atom is -0.377 e. The number of carbonyl (C=O) groups is 1. The predicted octanol–water partition coefficient (Wildman–Crippen LogP) is 1.27. The SMILES string of the molecule is CC(CC(N)=O)Nc1ccccc1[N+](=O)[O-]. The average molecular weight is 223 g/mol. The highest BCUT2D eigenvalue weighted by Crippen LogP contribution is 2.24. The normalized spacial score (nSPS) is 11.8. The third-order valence-corrected chi connectivity index (χ3v) is 2.01. The van der Waals surface area contributed by atoms with Gasteiger partial charge in [0.15, 0.2) is 0 Å². The van der Waals surface area contributed by atoms with Crippen molar-refractivity contribution in [1.82, 2.24) is 0 Å². The van der Waals surface area contributed by atoms with Gasteiger partial charge in [0.05, 0.1) is 4.92 Å². The van der Waals surface area contributed by atoms with Gasteiger partial charge in [0.1, 0.15) is 5.69 Å². The van der Waals surface area contributed by atoms with E-state index in [4.69, 9.17) is 5.73 Å². The molecule has 0 aromatic heterocycles. The van der Waals surface area contributed by atoms with E-state index in [-0.39, 0.29) is 18.2 Å². The van der Waals surface area contributed by atoms with Crippen LogP contribution in [0.15, 0.2) is 24.3 Å². The lowest BCUT2D eigenvalue weighted by Gasteiger charge is -2.13. The molecule has 0 spiro atoms. The molecule has 0 saturated heterocycles. The minimum atomic E-state index is -0.473. The molecule has 1 atom stereocenters. The molecule has 0 radical (unpaired) electrons. The van der Waals surface area contributed by atoms with Gasteiger partial charge in [0.25, 0.3) is 5.69 Å². The standard InChI is InChI=1S/C10H13N3O3/c1-7(6-10(11)14)12-8-4-2-3-5-9(8)13(15)16/h2-5,7,12H,6H2,1H3,(H2,11,14). The number of benzene rings is 1. The Morgan fingerprint density at radius 3 is 2.75 bits per heavy atom. The molecule has 1 unspecified atom stereocenters. The molecule has 1 aromatic rings. The van der Waals surface area contributed by atoms with E-state index < -0.39 is 10.8 Å². The molecule has 1 amide bonds. The Balaban J connectivity index is 2.80. The zero-order valence-corrected chi connectivity index (χ0v) is 8.84. The minimum absolute atomic E-state index is 0.0150. The van der Waals surface area contributed by atoms with Crippen LogP contribution in [0.3, 0.4) is 0 Å². The Hall–Kier alpha value is -2.11. The molecule has 1 rings (SSSR count). The summed E-state index contributed by atoms with van der Waals surface area (Å²) in [5.41, 5.74) is 5.41. The van der Waals surface area contributed by atoms with Crippen molar-refractivity contribution in [3.8, 4) is 0 Å². The summed E-state index contributed by atoms with van der Waals surface area (Å²) in [6.07, 6.45) is 0.131. The van der Waals surface area contributed by atoms with Gasteiger partial charge in [-0.3, -0.25) is 14.9 Å². The second-order valence-corrected chi connectivity index (χ2v) is 3.49. The van der Waals surface area contributed by atoms with Gasteiger partial charge in [-0.25, -0.2) is 0 Å². The van der Waals surface area contributed by atoms with Gasteiger partial charge in [0.2, 0.25) is 5.91 Å². The fourth-order valence-electron chi connectivity index (χ4n) is 1.37. The summed E-state index contributed by atoms with van der Waals surface area (Å²) < 4.78 is 0. The van der Waals surface area contributed by atoms with Crippen LogP contribution in [-0.4, -0.2) is 16.9 Å². The third-order valence-electron chi connectivity index (χ3n) is 2.01. The molecular formula is C10H13N3O3. The van der Waals surface area contributed by atoms with E-state index in [1.165, 1.54) is 6.07 Å². The Bertz CT molecular complexity index is 406. The van der Waals surface area contributed by atoms with Crippen LogP contribution in [0.5, 0.6) is 0 Å². The molecule has 0 fully saturated rings. The van der Waals surface area contributed by atoms with E-state index in [0.717, 1.165) is 0 Å². The van der Waals surface area contributed by atoms with Gasteiger partial charge in [-0.15, -0.1) is 0 Å². The summed E-state index contributed by atoms with van der Waals surface area (Å²) in [6.45, 7) is 1.74. The van der Waals surface area contributed by atoms with Crippen molar-refractivity contribution in [2.45, 2.75) is 19.4 Å². The number of anilines is 1. The van der Waals surface area contributed by atoms with Crippen molar-refractivity contribution in [3.05, 3.63) is 34.4 Å². The van der Waals surface area contributed by atoms with E-state index in [0.29, 0.717) is 5.69 Å². The molecule has 86 valence electrons. The molecule has 0 saturated carbocycles. The topological polar surface area (TPSA) is 98.3 Å². The van der Waals surface area contributed by atoms with Crippen molar-refractivity contribution in [2.24, 2.45) is 5.73 Å². The second-order valence-electron chi connectivity index (χ2n) is 3.49. The number of para-hydroxylation sites is 2. The van der Waals surface area contributed by atoms with Crippen LogP contribution in [0.4, 0.5) is 11.4 Å². The van der Waals surface area contributed by atoms with Crippen LogP contribution in [-0.2, 0) is 4.79 Å². The fraction of sp³-hybridized carbons (Fsp3) is 0.300. The molecular weight excluding hydrogens is 210 g/mol. The number of amides is 1. The smallest absolute Gasteiger partial charge is 0.292 e. The molecule has 0 bridgehead atoms. The number of hydrogen-bond donors (Lipinski definition) is 2. The molecule has 3 N–H and O–H groups in total. The van der Waals surface area contributed by atoms with E-state index in [9.17, 15) is 14.9 Å². The lowest BCUT2D eigenvalue weighted by Crippen LogP contribution is -2.24. The number of carbonyl (C=O) groups excluding carboxylic acids is 1. The molecule has 0 aliphatic rings. The maximum Gasteiger partial charge on any atom is 0.292 e. The molecule has 1 aromatic carbocycles. The van der Waals surface area contributed by atoms with Gasteiger partial charge in [-0.2, -0.15) is 0 Å². The summed E-state index contributed by atoms with van der Waals surface area (Å²) in [6, 6.07) is 6.03. The first-order valence-electron chi connectivity index (χ1n) is 4.79. The van der Waals surface area contributed by atoms with Gasteiger partial charge < -0.3 is 11.1 Å². The maximum absolute atomic E-state index is 10.7. The van der Waals surface area contributed by atoms with E-state index in [1.54, 1.807) is 25.1 Å². The largest absolute Gasteiger partial charge is 0.377 e. The van der Waals surface area contributed by atoms with Crippen molar-refractivity contribution in [3.63, 3.8) is 0 Å². The quantitative estimate of drug-likeness (QED) is 0.580. The van der Waals surface area contributed by atoms with Crippen LogP contribution in [0.1, 0.15) is 13.3 Å². The number of nitro benzene ring substituents is 1. The first-order valence-corrected chi connectivity index (χ1v) is 4.79. The molecule has 0 aliphatic heterocycles. The number of nitro groups is 1. The predicted molar refractivity (Wildman–Crippen MR) is 60.0 cm³/mol. The van der Waals surface area contributed by atoms with Crippen molar-refractivity contribution < 1.29 is 9.72 Å². The number of hydrogen-bond acceptors (Lipinski definition) is 4. The summed E-state index contributed by atoms with van der Waals surface area (Å²) in [7, 11) is 0. The van der Waals surface area contributed by atoms with Crippen LogP contribution >= 0.6 is 0 Å². The fourth-order valence-corrected chi connectivity index (χ4v) is 1.37. The number of primary amides is 1. The zero-order valence-electron chi connectivity index (χ0n) is 8.84. The molecule has 0 heterocycles. The number of rotatable bonds is 5. The van der Waals surface area contributed by atoms with Crippen molar-refractivity contribution in [1.29, 1.82) is 0 Å². The first kappa shape index (κ1) is 12.0. The molecule has 6 nitrogen and oxygen atoms in total. The lowest BCUT2D eigenvalue weighted by molar-refractivity contribution is -0.384. The van der Waals surface area contributed by atoms with Gasteiger partial charge in [0, 0.05) is 18.5 Å². The monoisotopic (exact) mass is 223 g/mol. The number of nitrogens with two attached hydrogens (primary N) is 1. The van der Waals surface area contributed by atoms with Gasteiger partial charge >= 0.3 is 0 Å². The Morgan fingerprint density at radius 2 is 2.19 bits per heavy atom. The summed E-state index contributed by atoms with van der Waals surface area (Å²) >= 11 is 0. The molecule has 6 heteroatoms. The number of nitrogens with zero attached hydrogens (tertiary/aromatic N) is 1. The van der Waals surface area contributed by atoms with Gasteiger partial charge in [-0.1, -0.05) is 12.1 Å². The summed E-state index contributed by atoms with van der Waals surface area (Å²) in [5.74, 6) is -0.446. The van der Waals surface area contributed by atoms with Gasteiger partial charge in [-0.05, 0) is 13.0 Å². The first-order chi connectivity index (χ1) is 7.50. The van der Waals surface area contributed by atoms with Crippen molar-refractivity contribution in [2.75, 3.05) is 5.32 Å². The second kappa shape index (κ2) is 5.11. The molecule has 16 heavy (non-hydrogen) atoms. The highest BCUT2D eigenvalue weighted by Gasteiger charge is 2.14. The van der Waals surface area contributed by atoms with E-state index in [2.05, 4.69) is 5.32 Å². The molecule has 0 aliphatic carbocycles. The van der Waals surface area contributed by atoms with Crippen LogP contribution in [0.2, 0.25) is 0 Å². The average Bonchev–Trinajstić information content (AvgIpc) is 2.16. The maximum atomic E-state index is 10.7. The third kappa shape index (κ3) is 3.23. The van der Waals surface area contributed by atoms with Crippen LogP contribution < -0.4 is 11.1 Å². The van der Waals surface area contributed by atoms with Crippen LogP contribution in [0, 0.1) is 10.1 Å².